The van der Waals surface area contributed by atoms with Gasteiger partial charge in [0.25, 0.3) is 0 Å². The Morgan fingerprint density at radius 2 is 1.93 bits per heavy atom. The quantitative estimate of drug-likeness (QED) is 0.451. The molecule has 0 radical (unpaired) electrons. The second kappa shape index (κ2) is 4.99. The van der Waals surface area contributed by atoms with Crippen molar-refractivity contribution in [2.45, 2.75) is 52.2 Å². The van der Waals surface area contributed by atoms with Gasteiger partial charge < -0.3 is 4.74 Å². The van der Waals surface area contributed by atoms with Gasteiger partial charge in [0, 0.05) is 5.57 Å². The molecule has 0 rings (SSSR count). The van der Waals surface area contributed by atoms with Gasteiger partial charge in [0.2, 0.25) is 0 Å². The third-order valence-corrected chi connectivity index (χ3v) is 3.36. The molecule has 0 aromatic carbocycles. The van der Waals surface area contributed by atoms with Crippen molar-refractivity contribution in [3.63, 3.8) is 0 Å². The molecule has 4 heteroatoms. The highest BCUT2D eigenvalue weighted by atomic mass is 35.5. The van der Waals surface area contributed by atoms with Crippen LogP contribution in [0, 0.1) is 0 Å². The molecule has 1 N–H and O–H groups in total. The fourth-order valence-electron chi connectivity index (χ4n) is 1.04. The Bertz CT molecular complexity index is 257. The van der Waals surface area contributed by atoms with Crippen molar-refractivity contribution in [3.05, 3.63) is 12.2 Å². The first kappa shape index (κ1) is 14.5. The van der Waals surface area contributed by atoms with Crippen LogP contribution in [0.1, 0.15) is 41.0 Å². The summed E-state index contributed by atoms with van der Waals surface area (Å²) >= 11 is 5.69. The zero-order valence-electron chi connectivity index (χ0n) is 10.1. The molecule has 88 valence electrons. The van der Waals surface area contributed by atoms with E-state index < -0.39 is 17.1 Å². The van der Waals surface area contributed by atoms with Gasteiger partial charge in [0.05, 0.1) is 5.54 Å². The van der Waals surface area contributed by atoms with Crippen molar-refractivity contribution in [3.8, 4) is 0 Å². The summed E-state index contributed by atoms with van der Waals surface area (Å²) in [5.41, 5.74) is -0.782. The lowest BCUT2D eigenvalue weighted by molar-refractivity contribution is -0.158. The summed E-state index contributed by atoms with van der Waals surface area (Å²) in [6, 6.07) is 0. The van der Waals surface area contributed by atoms with Gasteiger partial charge in [0.1, 0.15) is 5.60 Å². The predicted octanol–water partition coefficient (Wildman–Crippen LogP) is 2.80. The maximum absolute atomic E-state index is 11.4. The minimum absolute atomic E-state index is 0.385. The normalized spacial score (nSPS) is 15.6. The fourth-order valence-corrected chi connectivity index (χ4v) is 1.40. The van der Waals surface area contributed by atoms with E-state index in [1.807, 2.05) is 27.7 Å². The smallest absolute Gasteiger partial charge is 0.333 e. The Balaban J connectivity index is 4.81. The lowest BCUT2D eigenvalue weighted by Crippen LogP contribution is -2.56. The average Bonchev–Trinajstić information content (AvgIpc) is 2.15. The van der Waals surface area contributed by atoms with Crippen molar-refractivity contribution >= 4 is 17.7 Å². The topological polar surface area (TPSA) is 38.3 Å². The Hall–Kier alpha value is -0.540. The van der Waals surface area contributed by atoms with Crippen molar-refractivity contribution in [2.24, 2.45) is 0 Å². The molecule has 0 aliphatic heterocycles. The van der Waals surface area contributed by atoms with Crippen LogP contribution in [0.25, 0.3) is 0 Å². The minimum Gasteiger partial charge on any atom is -0.454 e. The summed E-state index contributed by atoms with van der Waals surface area (Å²) in [5, 5.41) is 0. The van der Waals surface area contributed by atoms with E-state index in [9.17, 15) is 4.79 Å². The maximum Gasteiger partial charge on any atom is 0.333 e. The van der Waals surface area contributed by atoms with E-state index in [1.165, 1.54) is 0 Å². The van der Waals surface area contributed by atoms with Crippen LogP contribution in [0.15, 0.2) is 12.2 Å². The third-order valence-electron chi connectivity index (χ3n) is 2.94. The molecule has 15 heavy (non-hydrogen) atoms. The van der Waals surface area contributed by atoms with Crippen LogP contribution in [0.4, 0.5) is 0 Å². The van der Waals surface area contributed by atoms with Crippen LogP contribution in [-0.4, -0.2) is 17.1 Å². The van der Waals surface area contributed by atoms with Gasteiger partial charge in [-0.25, -0.2) is 9.63 Å². The molecule has 0 aliphatic carbocycles. The number of carbonyl (C=O) groups excluding carboxylic acids is 1. The molecule has 0 spiro atoms. The van der Waals surface area contributed by atoms with E-state index in [-0.39, 0.29) is 0 Å². The highest BCUT2D eigenvalue weighted by Gasteiger charge is 2.42. The fraction of sp³-hybridized carbons (Fsp3) is 0.727. The van der Waals surface area contributed by atoms with Crippen molar-refractivity contribution in [1.82, 2.24) is 4.84 Å². The van der Waals surface area contributed by atoms with Crippen LogP contribution in [0.5, 0.6) is 0 Å². The predicted molar refractivity (Wildman–Crippen MR) is 62.7 cm³/mol. The molecule has 0 aromatic rings. The van der Waals surface area contributed by atoms with Crippen LogP contribution in [0.3, 0.4) is 0 Å². The summed E-state index contributed by atoms with van der Waals surface area (Å²) in [7, 11) is 0. The first-order valence-electron chi connectivity index (χ1n) is 4.97. The molecular formula is C11H20ClNO2. The summed E-state index contributed by atoms with van der Waals surface area (Å²) in [4.78, 5) is 14.1. The van der Waals surface area contributed by atoms with Crippen LogP contribution < -0.4 is 4.84 Å². The van der Waals surface area contributed by atoms with Crippen molar-refractivity contribution in [2.75, 3.05) is 0 Å². The van der Waals surface area contributed by atoms with Gasteiger partial charge in [-0.05, 0) is 45.9 Å². The molecular weight excluding hydrogens is 214 g/mol. The molecule has 0 saturated carbocycles. The molecule has 0 aliphatic rings. The van der Waals surface area contributed by atoms with E-state index in [0.717, 1.165) is 6.42 Å². The highest BCUT2D eigenvalue weighted by Crippen LogP contribution is 2.30. The standard InChI is InChI=1S/C11H20ClNO2/c1-7-11(6,13-12)10(4,5)15-9(14)8(2)3/h13H,2,7H2,1,3-6H3. The number of hydrogen-bond acceptors (Lipinski definition) is 3. The number of rotatable bonds is 5. The zero-order valence-corrected chi connectivity index (χ0v) is 10.9. The van der Waals surface area contributed by atoms with E-state index in [2.05, 4.69) is 11.4 Å². The zero-order chi connectivity index (χ0) is 12.3. The number of halogens is 1. The van der Waals surface area contributed by atoms with Gasteiger partial charge in [-0.3, -0.25) is 0 Å². The van der Waals surface area contributed by atoms with Gasteiger partial charge in [-0.1, -0.05) is 13.5 Å². The van der Waals surface area contributed by atoms with Crippen molar-refractivity contribution in [1.29, 1.82) is 0 Å². The Kier molecular flexibility index (Phi) is 4.81. The summed E-state index contributed by atoms with van der Waals surface area (Å²) in [6.45, 7) is 12.7. The summed E-state index contributed by atoms with van der Waals surface area (Å²) < 4.78 is 5.36. The first-order chi connectivity index (χ1) is 6.70. The molecule has 0 heterocycles. The van der Waals surface area contributed by atoms with Crippen LogP contribution in [-0.2, 0) is 9.53 Å². The van der Waals surface area contributed by atoms with E-state index in [0.29, 0.717) is 5.57 Å². The monoisotopic (exact) mass is 233 g/mol. The van der Waals surface area contributed by atoms with Crippen molar-refractivity contribution < 1.29 is 9.53 Å². The number of esters is 1. The van der Waals surface area contributed by atoms with Gasteiger partial charge in [0.15, 0.2) is 0 Å². The second-order valence-corrected chi connectivity index (χ2v) is 4.65. The minimum atomic E-state index is -0.695. The van der Waals surface area contributed by atoms with E-state index in [4.69, 9.17) is 16.5 Å². The molecule has 1 unspecified atom stereocenters. The lowest BCUT2D eigenvalue weighted by Gasteiger charge is -2.41. The second-order valence-electron chi connectivity index (χ2n) is 4.46. The largest absolute Gasteiger partial charge is 0.454 e. The number of hydrogen-bond donors (Lipinski definition) is 1. The molecule has 1 atom stereocenters. The SMILES string of the molecule is C=C(C)C(=O)OC(C)(C)C(C)(CC)NCl. The average molecular weight is 234 g/mol. The van der Waals surface area contributed by atoms with E-state index in [1.54, 1.807) is 6.92 Å². The Morgan fingerprint density at radius 1 is 1.47 bits per heavy atom. The maximum atomic E-state index is 11.4. The molecule has 0 saturated heterocycles. The first-order valence-corrected chi connectivity index (χ1v) is 5.34. The van der Waals surface area contributed by atoms with Gasteiger partial charge in [-0.15, -0.1) is 0 Å². The van der Waals surface area contributed by atoms with E-state index >= 15 is 0 Å². The Labute approximate surface area is 96.9 Å². The molecule has 0 amide bonds. The molecule has 0 bridgehead atoms. The molecule has 3 nitrogen and oxygen atoms in total. The number of ether oxygens (including phenoxy) is 1. The third kappa shape index (κ3) is 3.21. The Morgan fingerprint density at radius 3 is 2.20 bits per heavy atom. The van der Waals surface area contributed by atoms with Crippen LogP contribution >= 0.6 is 11.8 Å². The lowest BCUT2D eigenvalue weighted by atomic mass is 9.82. The molecule has 0 fully saturated rings. The number of nitrogens with one attached hydrogen (secondary N) is 1. The summed E-state index contributed by atoms with van der Waals surface area (Å²) in [5.74, 6) is -0.397. The summed E-state index contributed by atoms with van der Waals surface area (Å²) in [6.07, 6.45) is 0.743. The van der Waals surface area contributed by atoms with Gasteiger partial charge in [-0.2, -0.15) is 0 Å². The van der Waals surface area contributed by atoms with Crippen LogP contribution in [0.2, 0.25) is 0 Å². The number of carbonyl (C=O) groups is 1. The highest BCUT2D eigenvalue weighted by molar-refractivity contribution is 6.14. The van der Waals surface area contributed by atoms with Gasteiger partial charge >= 0.3 is 5.97 Å². The molecule has 0 aromatic heterocycles.